The molecule has 1 aromatic carbocycles. The molecule has 148 valence electrons. The van der Waals surface area contributed by atoms with Gasteiger partial charge in [0.1, 0.15) is 5.60 Å². The van der Waals surface area contributed by atoms with E-state index >= 15 is 0 Å². The van der Waals surface area contributed by atoms with Crippen LogP contribution in [0.2, 0.25) is 0 Å². The summed E-state index contributed by atoms with van der Waals surface area (Å²) in [5, 5.41) is 2.75. The second kappa shape index (κ2) is 9.53. The number of nitrogens with zero attached hydrogens (tertiary/aromatic N) is 1. The predicted octanol–water partition coefficient (Wildman–Crippen LogP) is 4.15. The number of amides is 3. The van der Waals surface area contributed by atoms with Crippen LogP contribution in [0.15, 0.2) is 24.3 Å². The van der Waals surface area contributed by atoms with Crippen molar-refractivity contribution in [2.75, 3.05) is 13.1 Å². The molecule has 0 fully saturated rings. The number of ether oxygens (including phenoxy) is 1. The molecule has 1 aliphatic heterocycles. The average Bonchev–Trinajstić information content (AvgIpc) is 2.84. The van der Waals surface area contributed by atoms with Gasteiger partial charge in [-0.3, -0.25) is 14.5 Å². The van der Waals surface area contributed by atoms with E-state index < -0.39 is 5.60 Å². The number of unbranched alkanes of at least 4 members (excludes halogenated alkanes) is 5. The summed E-state index contributed by atoms with van der Waals surface area (Å²) in [6, 6.07) is 6.98. The third-order valence-corrected chi connectivity index (χ3v) is 4.35. The van der Waals surface area contributed by atoms with Crippen LogP contribution < -0.4 is 5.32 Å². The van der Waals surface area contributed by atoms with Gasteiger partial charge in [-0.1, -0.05) is 37.8 Å². The first-order valence-corrected chi connectivity index (χ1v) is 9.71. The minimum atomic E-state index is -0.469. The van der Waals surface area contributed by atoms with E-state index in [4.69, 9.17) is 4.74 Å². The Morgan fingerprint density at radius 3 is 2.00 bits per heavy atom. The van der Waals surface area contributed by atoms with Crippen molar-refractivity contribution in [3.8, 4) is 0 Å². The van der Waals surface area contributed by atoms with Crippen molar-refractivity contribution in [3.05, 3.63) is 35.4 Å². The van der Waals surface area contributed by atoms with Gasteiger partial charge in [-0.2, -0.15) is 0 Å². The first kappa shape index (κ1) is 20.9. The van der Waals surface area contributed by atoms with E-state index in [2.05, 4.69) is 5.32 Å². The summed E-state index contributed by atoms with van der Waals surface area (Å²) in [4.78, 5) is 37.4. The van der Waals surface area contributed by atoms with E-state index in [0.29, 0.717) is 24.2 Å². The van der Waals surface area contributed by atoms with Crippen molar-refractivity contribution < 1.29 is 19.1 Å². The maximum Gasteiger partial charge on any atom is 0.407 e. The SMILES string of the molecule is CC(C)(C)OC(=O)NCCCCCCCCN1C(=O)c2ccccc2C1=O. The second-order valence-electron chi connectivity index (χ2n) is 7.86. The monoisotopic (exact) mass is 374 g/mol. The number of imide groups is 1. The smallest absolute Gasteiger partial charge is 0.407 e. The molecular formula is C21H30N2O4. The third kappa shape index (κ3) is 6.38. The summed E-state index contributed by atoms with van der Waals surface area (Å²) >= 11 is 0. The second-order valence-corrected chi connectivity index (χ2v) is 7.86. The van der Waals surface area contributed by atoms with Gasteiger partial charge in [0.05, 0.1) is 11.1 Å². The Hall–Kier alpha value is -2.37. The molecular weight excluding hydrogens is 344 g/mol. The maximum atomic E-state index is 12.2. The van der Waals surface area contributed by atoms with Crippen molar-refractivity contribution in [2.24, 2.45) is 0 Å². The van der Waals surface area contributed by atoms with Gasteiger partial charge in [0.25, 0.3) is 11.8 Å². The Morgan fingerprint density at radius 1 is 0.926 bits per heavy atom. The fourth-order valence-corrected chi connectivity index (χ4v) is 3.05. The van der Waals surface area contributed by atoms with Crippen molar-refractivity contribution in [1.82, 2.24) is 10.2 Å². The Labute approximate surface area is 161 Å². The lowest BCUT2D eigenvalue weighted by Gasteiger charge is -2.19. The molecule has 6 nitrogen and oxygen atoms in total. The molecule has 0 aliphatic carbocycles. The van der Waals surface area contributed by atoms with Crippen molar-refractivity contribution in [2.45, 2.75) is 64.9 Å². The van der Waals surface area contributed by atoms with Gasteiger partial charge < -0.3 is 10.1 Å². The highest BCUT2D eigenvalue weighted by Crippen LogP contribution is 2.22. The maximum absolute atomic E-state index is 12.2. The molecule has 0 saturated heterocycles. The van der Waals surface area contributed by atoms with E-state index in [1.165, 1.54) is 4.90 Å². The zero-order valence-electron chi connectivity index (χ0n) is 16.5. The molecule has 0 radical (unpaired) electrons. The molecule has 0 aromatic heterocycles. The number of carbonyl (C=O) groups excluding carboxylic acids is 3. The predicted molar refractivity (Wildman–Crippen MR) is 104 cm³/mol. The number of nitrogens with one attached hydrogen (secondary N) is 1. The average molecular weight is 374 g/mol. The molecule has 1 N–H and O–H groups in total. The van der Waals surface area contributed by atoms with Crippen LogP contribution in [0.4, 0.5) is 4.79 Å². The quantitative estimate of drug-likeness (QED) is 0.520. The van der Waals surface area contributed by atoms with Crippen LogP contribution in [0.25, 0.3) is 0 Å². The molecule has 0 spiro atoms. The van der Waals surface area contributed by atoms with Gasteiger partial charge in [-0.25, -0.2) is 4.79 Å². The fourth-order valence-electron chi connectivity index (χ4n) is 3.05. The van der Waals surface area contributed by atoms with Crippen molar-refractivity contribution in [3.63, 3.8) is 0 Å². The van der Waals surface area contributed by atoms with Crippen LogP contribution in [0.3, 0.4) is 0 Å². The lowest BCUT2D eigenvalue weighted by Crippen LogP contribution is -2.32. The zero-order valence-corrected chi connectivity index (χ0v) is 16.5. The summed E-state index contributed by atoms with van der Waals surface area (Å²) < 4.78 is 5.18. The molecule has 0 unspecified atom stereocenters. The van der Waals surface area contributed by atoms with Gasteiger partial charge in [0.2, 0.25) is 0 Å². The van der Waals surface area contributed by atoms with E-state index in [1.54, 1.807) is 24.3 Å². The highest BCUT2D eigenvalue weighted by Gasteiger charge is 2.34. The van der Waals surface area contributed by atoms with E-state index in [9.17, 15) is 14.4 Å². The molecule has 27 heavy (non-hydrogen) atoms. The van der Waals surface area contributed by atoms with Crippen LogP contribution >= 0.6 is 0 Å². The minimum absolute atomic E-state index is 0.177. The molecule has 6 heteroatoms. The molecule has 0 bridgehead atoms. The Morgan fingerprint density at radius 2 is 1.44 bits per heavy atom. The lowest BCUT2D eigenvalue weighted by atomic mass is 10.1. The molecule has 2 rings (SSSR count). The molecule has 1 heterocycles. The molecule has 1 aliphatic rings. The van der Waals surface area contributed by atoms with Crippen LogP contribution in [0.5, 0.6) is 0 Å². The molecule has 3 amide bonds. The Bertz CT molecular complexity index is 644. The van der Waals surface area contributed by atoms with Crippen LogP contribution in [-0.2, 0) is 4.74 Å². The fraction of sp³-hybridized carbons (Fsp3) is 0.571. The number of hydrogen-bond acceptors (Lipinski definition) is 4. The standard InChI is InChI=1S/C21H30N2O4/c1-21(2,3)27-20(26)22-14-10-6-4-5-7-11-15-23-18(24)16-12-8-9-13-17(16)19(23)25/h8-9,12-13H,4-7,10-11,14-15H2,1-3H3,(H,22,26). The first-order chi connectivity index (χ1) is 12.8. The largest absolute Gasteiger partial charge is 0.444 e. The third-order valence-electron chi connectivity index (χ3n) is 4.35. The zero-order chi connectivity index (χ0) is 19.9. The van der Waals surface area contributed by atoms with Gasteiger partial charge in [0.15, 0.2) is 0 Å². The van der Waals surface area contributed by atoms with Crippen molar-refractivity contribution >= 4 is 17.9 Å². The summed E-state index contributed by atoms with van der Waals surface area (Å²) in [5.41, 5.74) is 0.559. The molecule has 0 atom stereocenters. The number of hydrogen-bond donors (Lipinski definition) is 1. The van der Waals surface area contributed by atoms with E-state index in [0.717, 1.165) is 38.5 Å². The van der Waals surface area contributed by atoms with Gasteiger partial charge >= 0.3 is 6.09 Å². The normalized spacial score (nSPS) is 13.7. The van der Waals surface area contributed by atoms with Gasteiger partial charge in [-0.05, 0) is 45.7 Å². The number of alkyl carbamates (subject to hydrolysis) is 1. The number of carbonyl (C=O) groups is 3. The number of fused-ring (bicyclic) bond motifs is 1. The van der Waals surface area contributed by atoms with Crippen LogP contribution in [0, 0.1) is 0 Å². The minimum Gasteiger partial charge on any atom is -0.444 e. The number of benzene rings is 1. The molecule has 1 aromatic rings. The van der Waals surface area contributed by atoms with Gasteiger partial charge in [-0.15, -0.1) is 0 Å². The lowest BCUT2D eigenvalue weighted by molar-refractivity contribution is 0.0525. The van der Waals surface area contributed by atoms with Crippen LogP contribution in [0.1, 0.15) is 80.0 Å². The van der Waals surface area contributed by atoms with Gasteiger partial charge in [0, 0.05) is 13.1 Å². The Kier molecular flexibility index (Phi) is 7.39. The first-order valence-electron chi connectivity index (χ1n) is 9.71. The highest BCUT2D eigenvalue weighted by atomic mass is 16.6. The van der Waals surface area contributed by atoms with Crippen LogP contribution in [-0.4, -0.2) is 41.5 Å². The van der Waals surface area contributed by atoms with Crippen molar-refractivity contribution in [1.29, 1.82) is 0 Å². The highest BCUT2D eigenvalue weighted by molar-refractivity contribution is 6.21. The molecule has 0 saturated carbocycles. The topological polar surface area (TPSA) is 75.7 Å². The summed E-state index contributed by atoms with van der Waals surface area (Å²) in [6.45, 7) is 6.62. The van der Waals surface area contributed by atoms with E-state index in [-0.39, 0.29) is 17.9 Å². The summed E-state index contributed by atoms with van der Waals surface area (Å²) in [6.07, 6.45) is 5.49. The summed E-state index contributed by atoms with van der Waals surface area (Å²) in [7, 11) is 0. The number of rotatable bonds is 9. The van der Waals surface area contributed by atoms with E-state index in [1.807, 2.05) is 20.8 Å². The summed E-state index contributed by atoms with van der Waals surface area (Å²) in [5.74, 6) is -0.354. The Balaban J connectivity index is 1.52.